The van der Waals surface area contributed by atoms with E-state index in [1.165, 1.54) is 16.7 Å². The zero-order valence-corrected chi connectivity index (χ0v) is 20.6. The van der Waals surface area contributed by atoms with Crippen LogP contribution in [-0.4, -0.2) is 19.7 Å². The average Bonchev–Trinajstić information content (AvgIpc) is 3.39. The summed E-state index contributed by atoms with van der Waals surface area (Å²) in [4.78, 5) is 4.83. The maximum absolute atomic E-state index is 4.83. The fourth-order valence-electron chi connectivity index (χ4n) is 3.44. The van der Waals surface area contributed by atoms with Crippen LogP contribution in [0.3, 0.4) is 0 Å². The monoisotopic (exact) mass is 460 g/mol. The Hall–Kier alpha value is -2.70. The molecule has 0 unspecified atom stereocenters. The lowest BCUT2D eigenvalue weighted by Crippen LogP contribution is -2.10. The van der Waals surface area contributed by atoms with Gasteiger partial charge in [0.1, 0.15) is 5.01 Å². The van der Waals surface area contributed by atoms with Crippen LogP contribution in [0.4, 0.5) is 0 Å². The minimum Gasteiger partial charge on any atom is -0.298 e. The van der Waals surface area contributed by atoms with Gasteiger partial charge in [0.15, 0.2) is 11.0 Å². The molecule has 0 aliphatic heterocycles. The van der Waals surface area contributed by atoms with Crippen molar-refractivity contribution in [2.75, 3.05) is 0 Å². The number of allylic oxidation sites excluding steroid dienone is 1. The maximum atomic E-state index is 4.83. The summed E-state index contributed by atoms with van der Waals surface area (Å²) in [6, 6.07) is 17.1. The standard InChI is InChI=1S/C26H28N4S2/c1-6-14-30-23(19-10-12-21(13-11-19)26(3,4)5)28-29-25(30)32-17-22-16-31-24(27-22)20-9-7-8-18(2)15-20/h6-13,15-16H,1,14,17H2,2-5H3. The van der Waals surface area contributed by atoms with E-state index in [9.17, 15) is 0 Å². The predicted octanol–water partition coefficient (Wildman–Crippen LogP) is 7.15. The van der Waals surface area contributed by atoms with Crippen LogP contribution in [0.5, 0.6) is 0 Å². The van der Waals surface area contributed by atoms with Crippen LogP contribution in [0.2, 0.25) is 0 Å². The highest BCUT2D eigenvalue weighted by atomic mass is 32.2. The highest BCUT2D eigenvalue weighted by molar-refractivity contribution is 7.98. The predicted molar refractivity (Wildman–Crippen MR) is 136 cm³/mol. The molecule has 0 fully saturated rings. The van der Waals surface area contributed by atoms with Crippen LogP contribution >= 0.6 is 23.1 Å². The number of thioether (sulfide) groups is 1. The molecular formula is C26H28N4S2. The van der Waals surface area contributed by atoms with E-state index in [1.54, 1.807) is 23.1 Å². The van der Waals surface area contributed by atoms with E-state index in [-0.39, 0.29) is 5.41 Å². The molecule has 4 nitrogen and oxygen atoms in total. The van der Waals surface area contributed by atoms with Crippen LogP contribution in [0.25, 0.3) is 22.0 Å². The second kappa shape index (κ2) is 9.43. The molecule has 0 radical (unpaired) electrons. The van der Waals surface area contributed by atoms with Crippen molar-refractivity contribution in [3.63, 3.8) is 0 Å². The summed E-state index contributed by atoms with van der Waals surface area (Å²) in [6.07, 6.45) is 1.89. The lowest BCUT2D eigenvalue weighted by Gasteiger charge is -2.19. The Labute approximate surface area is 198 Å². The summed E-state index contributed by atoms with van der Waals surface area (Å²) in [6.45, 7) is 13.4. The van der Waals surface area contributed by atoms with Crippen LogP contribution in [0.15, 0.2) is 71.7 Å². The Bertz CT molecular complexity index is 1210. The molecule has 0 saturated carbocycles. The molecular weight excluding hydrogens is 432 g/mol. The molecule has 0 saturated heterocycles. The van der Waals surface area contributed by atoms with Crippen LogP contribution in [0, 0.1) is 6.92 Å². The van der Waals surface area contributed by atoms with Gasteiger partial charge < -0.3 is 0 Å². The first kappa shape index (κ1) is 22.5. The zero-order chi connectivity index (χ0) is 22.7. The molecule has 4 aromatic rings. The van der Waals surface area contributed by atoms with Crippen LogP contribution in [0.1, 0.15) is 37.6 Å². The van der Waals surface area contributed by atoms with Crippen molar-refractivity contribution < 1.29 is 0 Å². The molecule has 0 N–H and O–H groups in total. The summed E-state index contributed by atoms with van der Waals surface area (Å²) in [7, 11) is 0. The lowest BCUT2D eigenvalue weighted by atomic mass is 9.87. The van der Waals surface area contributed by atoms with Crippen molar-refractivity contribution in [3.05, 3.63) is 83.4 Å². The van der Waals surface area contributed by atoms with Crippen molar-refractivity contribution >= 4 is 23.1 Å². The first-order chi connectivity index (χ1) is 15.3. The normalized spacial score (nSPS) is 11.6. The van der Waals surface area contributed by atoms with Crippen molar-refractivity contribution in [2.45, 2.75) is 50.6 Å². The van der Waals surface area contributed by atoms with Gasteiger partial charge in [-0.1, -0.05) is 86.6 Å². The van der Waals surface area contributed by atoms with Gasteiger partial charge in [-0.3, -0.25) is 4.57 Å². The highest BCUT2D eigenvalue weighted by Crippen LogP contribution is 2.31. The first-order valence-corrected chi connectivity index (χ1v) is 12.5. The Morgan fingerprint density at radius 3 is 2.53 bits per heavy atom. The SMILES string of the molecule is C=CCn1c(SCc2csc(-c3cccc(C)c3)n2)nnc1-c1ccc(C(C)(C)C)cc1. The van der Waals surface area contributed by atoms with Crippen molar-refractivity contribution in [3.8, 4) is 22.0 Å². The molecule has 2 aromatic heterocycles. The topological polar surface area (TPSA) is 43.6 Å². The molecule has 0 spiro atoms. The van der Waals surface area contributed by atoms with Gasteiger partial charge in [-0.2, -0.15) is 0 Å². The third kappa shape index (κ3) is 5.03. The molecule has 0 atom stereocenters. The molecule has 164 valence electrons. The Morgan fingerprint density at radius 1 is 1.06 bits per heavy atom. The van der Waals surface area contributed by atoms with Gasteiger partial charge in [-0.05, 0) is 24.0 Å². The summed E-state index contributed by atoms with van der Waals surface area (Å²) in [5.74, 6) is 1.62. The number of rotatable bonds is 7. The van der Waals surface area contributed by atoms with Gasteiger partial charge >= 0.3 is 0 Å². The third-order valence-electron chi connectivity index (χ3n) is 5.20. The summed E-state index contributed by atoms with van der Waals surface area (Å²) >= 11 is 3.34. The molecule has 0 aliphatic rings. The fraction of sp³-hybridized carbons (Fsp3) is 0.269. The smallest absolute Gasteiger partial charge is 0.192 e. The fourth-order valence-corrected chi connectivity index (χ4v) is 5.21. The van der Waals surface area contributed by atoms with E-state index in [2.05, 4.69) is 103 Å². The van der Waals surface area contributed by atoms with E-state index in [1.807, 2.05) is 6.08 Å². The summed E-state index contributed by atoms with van der Waals surface area (Å²) in [5.41, 5.74) is 5.96. The van der Waals surface area contributed by atoms with Gasteiger partial charge in [-0.25, -0.2) is 4.98 Å². The number of benzene rings is 2. The number of aromatic nitrogens is 4. The van der Waals surface area contributed by atoms with E-state index >= 15 is 0 Å². The first-order valence-electron chi connectivity index (χ1n) is 10.6. The van der Waals surface area contributed by atoms with Crippen LogP contribution in [-0.2, 0) is 17.7 Å². The number of nitrogens with zero attached hydrogens (tertiary/aromatic N) is 4. The molecule has 4 rings (SSSR count). The molecule has 6 heteroatoms. The van der Waals surface area contributed by atoms with Gasteiger partial charge in [0.25, 0.3) is 0 Å². The molecule has 2 aromatic carbocycles. The van der Waals surface area contributed by atoms with Crippen LogP contribution < -0.4 is 0 Å². The maximum Gasteiger partial charge on any atom is 0.192 e. The highest BCUT2D eigenvalue weighted by Gasteiger charge is 2.17. The molecule has 32 heavy (non-hydrogen) atoms. The third-order valence-corrected chi connectivity index (χ3v) is 7.14. The van der Waals surface area contributed by atoms with Crippen molar-refractivity contribution in [1.29, 1.82) is 0 Å². The number of hydrogen-bond donors (Lipinski definition) is 0. The average molecular weight is 461 g/mol. The van der Waals surface area contributed by atoms with Gasteiger partial charge in [0.05, 0.1) is 5.69 Å². The minimum atomic E-state index is 0.124. The van der Waals surface area contributed by atoms with Gasteiger partial charge in [0, 0.05) is 28.8 Å². The largest absolute Gasteiger partial charge is 0.298 e. The molecule has 0 aliphatic carbocycles. The number of hydrogen-bond acceptors (Lipinski definition) is 5. The van der Waals surface area contributed by atoms with E-state index in [0.717, 1.165) is 33.0 Å². The summed E-state index contributed by atoms with van der Waals surface area (Å²) in [5, 5.41) is 13.0. The van der Waals surface area contributed by atoms with Gasteiger partial charge in [-0.15, -0.1) is 28.1 Å². The lowest BCUT2D eigenvalue weighted by molar-refractivity contribution is 0.590. The zero-order valence-electron chi connectivity index (χ0n) is 19.0. The van der Waals surface area contributed by atoms with E-state index in [4.69, 9.17) is 4.98 Å². The van der Waals surface area contributed by atoms with Crippen molar-refractivity contribution in [2.24, 2.45) is 0 Å². The van der Waals surface area contributed by atoms with E-state index in [0.29, 0.717) is 6.54 Å². The second-order valence-electron chi connectivity index (χ2n) is 8.83. The van der Waals surface area contributed by atoms with Crippen molar-refractivity contribution in [1.82, 2.24) is 19.7 Å². The number of aryl methyl sites for hydroxylation is 1. The van der Waals surface area contributed by atoms with E-state index < -0.39 is 0 Å². The molecule has 0 amide bonds. The summed E-state index contributed by atoms with van der Waals surface area (Å²) < 4.78 is 2.12. The Morgan fingerprint density at radius 2 is 1.84 bits per heavy atom. The molecule has 0 bridgehead atoms. The Kier molecular flexibility index (Phi) is 6.63. The molecule has 2 heterocycles. The Balaban J connectivity index is 1.53. The number of thiazole rings is 1. The second-order valence-corrected chi connectivity index (χ2v) is 10.6. The minimum absolute atomic E-state index is 0.124. The van der Waals surface area contributed by atoms with Gasteiger partial charge in [0.2, 0.25) is 0 Å². The quantitative estimate of drug-likeness (QED) is 0.217.